The highest BCUT2D eigenvalue weighted by molar-refractivity contribution is 5.87. The molecule has 132 valence electrons. The number of carbonyl (C=O) groups excluding carboxylic acids is 1. The van der Waals surface area contributed by atoms with Crippen LogP contribution in [0.15, 0.2) is 30.3 Å². The molecule has 4 nitrogen and oxygen atoms in total. The molecule has 2 N–H and O–H groups in total. The summed E-state index contributed by atoms with van der Waals surface area (Å²) in [6.07, 6.45) is -2.78. The van der Waals surface area contributed by atoms with E-state index >= 15 is 0 Å². The van der Waals surface area contributed by atoms with Crippen LogP contribution in [-0.4, -0.2) is 28.7 Å². The number of alkyl halides is 3. The van der Waals surface area contributed by atoms with E-state index in [1.807, 2.05) is 0 Å². The highest BCUT2D eigenvalue weighted by Gasteiger charge is 2.45. The molecular weight excluding hydrogens is 323 g/mol. The highest BCUT2D eigenvalue weighted by atomic mass is 19.4. The molecule has 1 unspecified atom stereocenters. The van der Waals surface area contributed by atoms with E-state index in [0.29, 0.717) is 12.8 Å². The van der Waals surface area contributed by atoms with Crippen molar-refractivity contribution in [3.05, 3.63) is 35.9 Å². The van der Waals surface area contributed by atoms with E-state index in [-0.39, 0.29) is 18.4 Å². The molecule has 0 aliphatic heterocycles. The summed E-state index contributed by atoms with van der Waals surface area (Å²) in [6, 6.07) is 7.19. The topological polar surface area (TPSA) is 66.4 Å². The van der Waals surface area contributed by atoms with Crippen molar-refractivity contribution in [2.24, 2.45) is 0 Å². The third kappa shape index (κ3) is 4.27. The maximum Gasteiger partial charge on any atom is 0.396 e. The van der Waals surface area contributed by atoms with E-state index in [0.717, 1.165) is 6.42 Å². The number of aliphatic carboxylic acids is 1. The van der Waals surface area contributed by atoms with Gasteiger partial charge in [-0.05, 0) is 18.4 Å². The summed E-state index contributed by atoms with van der Waals surface area (Å²) < 4.78 is 39.9. The Morgan fingerprint density at radius 2 is 1.71 bits per heavy atom. The Morgan fingerprint density at radius 1 is 1.12 bits per heavy atom. The fourth-order valence-corrected chi connectivity index (χ4v) is 3.16. The summed E-state index contributed by atoms with van der Waals surface area (Å²) in [5.74, 6) is -4.02. The minimum absolute atomic E-state index is 0.00632. The van der Waals surface area contributed by atoms with Crippen molar-refractivity contribution in [2.45, 2.75) is 56.2 Å². The predicted molar refractivity (Wildman–Crippen MR) is 81.4 cm³/mol. The number of amides is 1. The van der Waals surface area contributed by atoms with Gasteiger partial charge < -0.3 is 10.4 Å². The minimum atomic E-state index is -4.58. The molecule has 1 saturated carbocycles. The fraction of sp³-hybridized carbons (Fsp3) is 0.529. The van der Waals surface area contributed by atoms with Crippen LogP contribution in [0.1, 0.15) is 50.0 Å². The number of hydrogen-bond donors (Lipinski definition) is 2. The molecule has 0 bridgehead atoms. The molecule has 0 aromatic heterocycles. The normalized spacial score (nSPS) is 18.6. The lowest BCUT2D eigenvalue weighted by molar-refractivity contribution is -0.159. The molecule has 0 radical (unpaired) electrons. The van der Waals surface area contributed by atoms with Gasteiger partial charge in [0.05, 0.1) is 5.92 Å². The van der Waals surface area contributed by atoms with Gasteiger partial charge in [-0.2, -0.15) is 13.2 Å². The minimum Gasteiger partial charge on any atom is -0.480 e. The number of carboxylic acid groups (broad SMARTS) is 1. The number of halogens is 3. The van der Waals surface area contributed by atoms with Crippen molar-refractivity contribution in [1.82, 2.24) is 5.32 Å². The van der Waals surface area contributed by atoms with Crippen LogP contribution < -0.4 is 5.32 Å². The second-order valence-electron chi connectivity index (χ2n) is 6.21. The maximum absolute atomic E-state index is 13.3. The Hall–Kier alpha value is -2.05. The number of hydrogen-bond acceptors (Lipinski definition) is 2. The van der Waals surface area contributed by atoms with Crippen LogP contribution in [0, 0.1) is 0 Å². The van der Waals surface area contributed by atoms with Gasteiger partial charge in [0, 0.05) is 6.42 Å². The van der Waals surface area contributed by atoms with Crippen molar-refractivity contribution in [1.29, 1.82) is 0 Å². The van der Waals surface area contributed by atoms with Crippen LogP contribution in [0.3, 0.4) is 0 Å². The first kappa shape index (κ1) is 18.3. The zero-order chi connectivity index (χ0) is 17.8. The second kappa shape index (κ2) is 7.23. The Morgan fingerprint density at radius 3 is 2.21 bits per heavy atom. The van der Waals surface area contributed by atoms with E-state index in [4.69, 9.17) is 0 Å². The lowest BCUT2D eigenvalue weighted by atomic mass is 9.81. The summed E-state index contributed by atoms with van der Waals surface area (Å²) in [6.45, 7) is 0. The number of rotatable bonds is 5. The molecule has 1 atom stereocenters. The van der Waals surface area contributed by atoms with Crippen LogP contribution in [0.4, 0.5) is 13.2 Å². The number of carboxylic acids is 1. The average Bonchev–Trinajstić information content (AvgIpc) is 2.53. The van der Waals surface area contributed by atoms with E-state index < -0.39 is 35.9 Å². The average molecular weight is 343 g/mol. The molecule has 1 aliphatic carbocycles. The lowest BCUT2D eigenvalue weighted by Crippen LogP contribution is -2.56. The van der Waals surface area contributed by atoms with Gasteiger partial charge in [0.1, 0.15) is 5.54 Å². The molecule has 1 fully saturated rings. The third-order valence-corrected chi connectivity index (χ3v) is 4.48. The summed E-state index contributed by atoms with van der Waals surface area (Å²) in [7, 11) is 0. The van der Waals surface area contributed by atoms with Gasteiger partial charge in [0.25, 0.3) is 0 Å². The number of nitrogens with one attached hydrogen (secondary N) is 1. The Labute approximate surface area is 138 Å². The van der Waals surface area contributed by atoms with Gasteiger partial charge in [-0.25, -0.2) is 4.79 Å². The summed E-state index contributed by atoms with van der Waals surface area (Å²) in [5, 5.41) is 11.8. The Kier molecular flexibility index (Phi) is 5.51. The van der Waals surface area contributed by atoms with Gasteiger partial charge in [0.15, 0.2) is 0 Å². The molecule has 1 amide bonds. The fourth-order valence-electron chi connectivity index (χ4n) is 3.16. The summed E-state index contributed by atoms with van der Waals surface area (Å²) in [4.78, 5) is 23.7. The van der Waals surface area contributed by atoms with Gasteiger partial charge in [-0.1, -0.05) is 49.6 Å². The number of benzene rings is 1. The first-order valence-electron chi connectivity index (χ1n) is 7.91. The largest absolute Gasteiger partial charge is 0.480 e. The zero-order valence-electron chi connectivity index (χ0n) is 13.1. The van der Waals surface area contributed by atoms with Gasteiger partial charge in [-0.3, -0.25) is 4.79 Å². The Bertz CT molecular complexity index is 580. The van der Waals surface area contributed by atoms with Gasteiger partial charge in [0.2, 0.25) is 5.91 Å². The predicted octanol–water partition coefficient (Wildman–Crippen LogP) is 3.63. The van der Waals surface area contributed by atoms with Crippen molar-refractivity contribution in [2.75, 3.05) is 0 Å². The first-order chi connectivity index (χ1) is 11.2. The summed E-state index contributed by atoms with van der Waals surface area (Å²) >= 11 is 0. The highest BCUT2D eigenvalue weighted by Crippen LogP contribution is 2.38. The molecule has 1 aromatic rings. The molecule has 1 aliphatic rings. The van der Waals surface area contributed by atoms with Gasteiger partial charge >= 0.3 is 12.1 Å². The smallest absolute Gasteiger partial charge is 0.396 e. The molecule has 7 heteroatoms. The van der Waals surface area contributed by atoms with E-state index in [1.165, 1.54) is 24.3 Å². The SMILES string of the molecule is O=C(CC(c1ccccc1)C(F)(F)F)NC1(C(=O)O)CCCCC1. The van der Waals surface area contributed by atoms with E-state index in [1.54, 1.807) is 6.07 Å². The van der Waals surface area contributed by atoms with Crippen LogP contribution in [0.5, 0.6) is 0 Å². The lowest BCUT2D eigenvalue weighted by Gasteiger charge is -2.34. The van der Waals surface area contributed by atoms with E-state index in [9.17, 15) is 27.9 Å². The molecule has 0 heterocycles. The molecule has 0 saturated heterocycles. The van der Waals surface area contributed by atoms with Crippen molar-refractivity contribution >= 4 is 11.9 Å². The first-order valence-corrected chi connectivity index (χ1v) is 7.91. The number of carbonyl (C=O) groups is 2. The monoisotopic (exact) mass is 343 g/mol. The molecular formula is C17H20F3NO3. The summed E-state index contributed by atoms with van der Waals surface area (Å²) in [5.41, 5.74) is -1.45. The third-order valence-electron chi connectivity index (χ3n) is 4.48. The Balaban J connectivity index is 2.14. The van der Waals surface area contributed by atoms with Gasteiger partial charge in [-0.15, -0.1) is 0 Å². The molecule has 1 aromatic carbocycles. The molecule has 24 heavy (non-hydrogen) atoms. The van der Waals surface area contributed by atoms with Crippen molar-refractivity contribution in [3.8, 4) is 0 Å². The standard InChI is InChI=1S/C17H20F3NO3/c18-17(19,20)13(12-7-3-1-4-8-12)11-14(22)21-16(15(23)24)9-5-2-6-10-16/h1,3-4,7-8,13H,2,5-6,9-11H2,(H,21,22)(H,23,24). The quantitative estimate of drug-likeness (QED) is 0.858. The van der Waals surface area contributed by atoms with E-state index in [2.05, 4.69) is 5.32 Å². The van der Waals surface area contributed by atoms with Crippen molar-refractivity contribution in [3.63, 3.8) is 0 Å². The van der Waals surface area contributed by atoms with Crippen LogP contribution >= 0.6 is 0 Å². The molecule has 2 rings (SSSR count). The van der Waals surface area contributed by atoms with Crippen LogP contribution in [-0.2, 0) is 9.59 Å². The zero-order valence-corrected chi connectivity index (χ0v) is 13.1. The van der Waals surface area contributed by atoms with Crippen LogP contribution in [0.25, 0.3) is 0 Å². The molecule has 0 spiro atoms. The van der Waals surface area contributed by atoms with Crippen molar-refractivity contribution < 1.29 is 27.9 Å². The van der Waals surface area contributed by atoms with Crippen LogP contribution in [0.2, 0.25) is 0 Å². The maximum atomic E-state index is 13.3. The second-order valence-corrected chi connectivity index (χ2v) is 6.21.